The lowest BCUT2D eigenvalue weighted by Gasteiger charge is -2.25. The van der Waals surface area contributed by atoms with Crippen molar-refractivity contribution in [3.8, 4) is 0 Å². The Hall–Kier alpha value is -1.96. The van der Waals surface area contributed by atoms with Gasteiger partial charge in [0.1, 0.15) is 18.3 Å². The van der Waals surface area contributed by atoms with E-state index in [2.05, 4.69) is 25.9 Å². The van der Waals surface area contributed by atoms with E-state index in [9.17, 15) is 24.2 Å². The summed E-state index contributed by atoms with van der Waals surface area (Å²) in [6.07, 6.45) is 0.210. The number of rotatable bonds is 7. The van der Waals surface area contributed by atoms with Gasteiger partial charge in [0.15, 0.2) is 29.1 Å². The number of hydrogen-bond acceptors (Lipinski definition) is 10. The molecule has 5 atom stereocenters. The van der Waals surface area contributed by atoms with Crippen molar-refractivity contribution in [2.45, 2.75) is 69.5 Å². The predicted octanol–water partition coefficient (Wildman–Crippen LogP) is 3.43. The minimum absolute atomic E-state index is 0.0108. The number of aliphatic hydroxyl groups excluding tert-OH is 2. The van der Waals surface area contributed by atoms with Crippen LogP contribution in [-0.4, -0.2) is 81.8 Å². The van der Waals surface area contributed by atoms with Gasteiger partial charge >= 0.3 is 15.2 Å². The Balaban J connectivity index is 0.00000173. The van der Waals surface area contributed by atoms with Crippen molar-refractivity contribution in [3.63, 3.8) is 0 Å². The summed E-state index contributed by atoms with van der Waals surface area (Å²) < 4.78 is 35.1. The Bertz CT molecular complexity index is 1550. The summed E-state index contributed by atoms with van der Waals surface area (Å²) in [6.45, 7) is 4.00. The normalized spacial score (nSPS) is 26.3. The molecule has 0 radical (unpaired) electrons. The van der Waals surface area contributed by atoms with Gasteiger partial charge in [-0.3, -0.25) is 13.7 Å². The van der Waals surface area contributed by atoms with Crippen molar-refractivity contribution >= 4 is 49.5 Å². The third-order valence-electron chi connectivity index (χ3n) is 7.83. The first-order valence-electron chi connectivity index (χ1n) is 13.7. The van der Waals surface area contributed by atoms with Gasteiger partial charge in [0.2, 0.25) is 5.28 Å². The molecule has 230 valence electrons. The molecule has 6 rings (SSSR count). The van der Waals surface area contributed by atoms with Gasteiger partial charge in [0.25, 0.3) is 0 Å². The van der Waals surface area contributed by atoms with Crippen LogP contribution in [0.2, 0.25) is 5.28 Å². The third-order valence-corrected chi connectivity index (χ3v) is 11.5. The highest BCUT2D eigenvalue weighted by molar-refractivity contribution is 7.70. The Morgan fingerprint density at radius 3 is 2.48 bits per heavy atom. The van der Waals surface area contributed by atoms with E-state index in [1.807, 2.05) is 32.0 Å². The molecule has 17 heteroatoms. The standard InChI is InChI=1S/C23H28ClN5O9P2.C2H6/c24-22-26-19(28-10-23(7-3-4-8-23)13-5-1-2-6-14(13)28)16-20(27-22)29(11-25-16)21-18(31)17(30)15(38-21)9-37-40(35,36)12-39(32,33)34;1-2/h1-2,5-6,11,15,17-18,21,30-31H,3-4,7-10,12H2,(H,35,36)(H2,32,33,34);1-2H3. The van der Waals surface area contributed by atoms with Gasteiger partial charge in [-0.05, 0) is 36.1 Å². The van der Waals surface area contributed by atoms with Crippen LogP contribution < -0.4 is 4.90 Å². The quantitative estimate of drug-likeness (QED) is 0.185. The summed E-state index contributed by atoms with van der Waals surface area (Å²) in [4.78, 5) is 43.2. The van der Waals surface area contributed by atoms with E-state index in [4.69, 9.17) is 30.6 Å². The fraction of sp³-hybridized carbons (Fsp3) is 0.560. The second kappa shape index (κ2) is 11.9. The Morgan fingerprint density at radius 2 is 1.79 bits per heavy atom. The number of anilines is 2. The zero-order chi connectivity index (χ0) is 30.4. The van der Waals surface area contributed by atoms with Crippen molar-refractivity contribution in [3.05, 3.63) is 41.4 Å². The molecule has 1 aliphatic carbocycles. The number of aromatic nitrogens is 4. The fourth-order valence-electron chi connectivity index (χ4n) is 6.11. The zero-order valence-corrected chi connectivity index (χ0v) is 25.6. The topological polar surface area (TPSA) is 201 Å². The predicted molar refractivity (Wildman–Crippen MR) is 154 cm³/mol. The lowest BCUT2D eigenvalue weighted by Crippen LogP contribution is -2.33. The highest BCUT2D eigenvalue weighted by atomic mass is 35.5. The van der Waals surface area contributed by atoms with E-state index in [1.54, 1.807) is 0 Å². The van der Waals surface area contributed by atoms with E-state index in [0.29, 0.717) is 17.9 Å². The molecule has 1 aromatic carbocycles. The molecule has 2 fully saturated rings. The van der Waals surface area contributed by atoms with E-state index >= 15 is 0 Å². The van der Waals surface area contributed by atoms with Gasteiger partial charge in [-0.15, -0.1) is 0 Å². The molecular formula is C25H34ClN5O9P2. The lowest BCUT2D eigenvalue weighted by atomic mass is 9.81. The number of halogens is 1. The minimum Gasteiger partial charge on any atom is -0.387 e. The Kier molecular flexibility index (Phi) is 8.88. The number of hydrogen-bond donors (Lipinski definition) is 5. The molecule has 1 saturated heterocycles. The fourth-order valence-corrected chi connectivity index (χ4v) is 8.84. The van der Waals surface area contributed by atoms with Crippen molar-refractivity contribution in [2.75, 3.05) is 24.0 Å². The first kappa shape index (κ1) is 31.5. The maximum atomic E-state index is 12.0. The van der Waals surface area contributed by atoms with E-state index in [0.717, 1.165) is 31.4 Å². The molecule has 0 bridgehead atoms. The van der Waals surface area contributed by atoms with E-state index < -0.39 is 52.2 Å². The average molecular weight is 646 g/mol. The van der Waals surface area contributed by atoms with Crippen LogP contribution in [0.25, 0.3) is 11.2 Å². The SMILES string of the molecule is CC.O=P(O)(O)CP(=O)(O)OCC1OC(n2cnc3c(N4CC5(CCCC5)c5ccccc54)nc(Cl)nc32)C(O)C1O. The molecule has 42 heavy (non-hydrogen) atoms. The smallest absolute Gasteiger partial charge is 0.340 e. The van der Waals surface area contributed by atoms with Crippen LogP contribution in [0.1, 0.15) is 51.3 Å². The van der Waals surface area contributed by atoms with Crippen molar-refractivity contribution < 1.29 is 43.3 Å². The second-order valence-corrected chi connectivity index (χ2v) is 14.8. The number of imidazole rings is 1. The van der Waals surface area contributed by atoms with Crippen LogP contribution in [0.15, 0.2) is 30.6 Å². The molecule has 2 aliphatic heterocycles. The molecule has 1 saturated carbocycles. The molecule has 0 amide bonds. The summed E-state index contributed by atoms with van der Waals surface area (Å²) in [5.74, 6) is -0.892. The highest BCUT2D eigenvalue weighted by Crippen LogP contribution is 2.56. The van der Waals surface area contributed by atoms with Crippen LogP contribution in [0.5, 0.6) is 0 Å². The van der Waals surface area contributed by atoms with Gasteiger partial charge in [0, 0.05) is 17.6 Å². The number of benzene rings is 1. The molecule has 5 N–H and O–H groups in total. The largest absolute Gasteiger partial charge is 0.387 e. The van der Waals surface area contributed by atoms with Gasteiger partial charge in [-0.25, -0.2) is 4.98 Å². The van der Waals surface area contributed by atoms with Crippen molar-refractivity contribution in [1.29, 1.82) is 0 Å². The summed E-state index contributed by atoms with van der Waals surface area (Å²) in [7, 11) is -9.53. The van der Waals surface area contributed by atoms with Crippen LogP contribution in [-0.2, 0) is 23.8 Å². The lowest BCUT2D eigenvalue weighted by molar-refractivity contribution is -0.0483. The van der Waals surface area contributed by atoms with Crippen LogP contribution in [0.3, 0.4) is 0 Å². The molecule has 14 nitrogen and oxygen atoms in total. The van der Waals surface area contributed by atoms with Gasteiger partial charge in [0.05, 0.1) is 12.9 Å². The number of ether oxygens (including phenoxy) is 1. The molecule has 3 aromatic rings. The van der Waals surface area contributed by atoms with Crippen molar-refractivity contribution in [2.24, 2.45) is 0 Å². The Morgan fingerprint density at radius 1 is 1.10 bits per heavy atom. The van der Waals surface area contributed by atoms with Gasteiger partial charge in [-0.1, -0.05) is 44.9 Å². The number of aliphatic hydroxyl groups is 2. The van der Waals surface area contributed by atoms with E-state index in [1.165, 1.54) is 16.5 Å². The monoisotopic (exact) mass is 645 g/mol. The number of nitrogens with zero attached hydrogens (tertiary/aromatic N) is 5. The molecular weight excluding hydrogens is 612 g/mol. The molecule has 2 aromatic heterocycles. The summed E-state index contributed by atoms with van der Waals surface area (Å²) in [6, 6.07) is 8.19. The molecule has 1 spiro atoms. The average Bonchev–Trinajstić information content (AvgIpc) is 3.70. The maximum absolute atomic E-state index is 12.0. The van der Waals surface area contributed by atoms with Gasteiger partial charge < -0.3 is 39.1 Å². The van der Waals surface area contributed by atoms with E-state index in [-0.39, 0.29) is 16.3 Å². The van der Waals surface area contributed by atoms with Gasteiger partial charge in [-0.2, -0.15) is 9.97 Å². The first-order chi connectivity index (χ1) is 19.9. The summed E-state index contributed by atoms with van der Waals surface area (Å²) in [5, 5.41) is 21.3. The first-order valence-corrected chi connectivity index (χ1v) is 17.6. The molecule has 4 heterocycles. The highest BCUT2D eigenvalue weighted by Gasteiger charge is 2.47. The maximum Gasteiger partial charge on any atom is 0.340 e. The van der Waals surface area contributed by atoms with Crippen molar-refractivity contribution in [1.82, 2.24) is 19.5 Å². The van der Waals surface area contributed by atoms with Crippen LogP contribution in [0.4, 0.5) is 11.5 Å². The molecule has 3 aliphatic rings. The van der Waals surface area contributed by atoms with Crippen LogP contribution >= 0.6 is 26.8 Å². The molecule has 5 unspecified atom stereocenters. The Labute approximate surface area is 247 Å². The minimum atomic E-state index is -4.84. The zero-order valence-electron chi connectivity index (χ0n) is 23.0. The number of fused-ring (bicyclic) bond motifs is 3. The third kappa shape index (κ3) is 5.90. The second-order valence-electron chi connectivity index (χ2n) is 10.5. The summed E-state index contributed by atoms with van der Waals surface area (Å²) >= 11 is 6.38. The van der Waals surface area contributed by atoms with Crippen LogP contribution in [0, 0.1) is 0 Å². The summed E-state index contributed by atoms with van der Waals surface area (Å²) in [5.41, 5.74) is 2.93. The number of para-hydroxylation sites is 1.